The molecule has 0 aromatic heterocycles. The Balaban J connectivity index is 0. The van der Waals surface area contributed by atoms with Crippen LogP contribution in [-0.2, 0) is 0 Å². The van der Waals surface area contributed by atoms with Crippen LogP contribution in [0.1, 0.15) is 12.8 Å². The maximum atomic E-state index is 5.89. The zero-order chi connectivity index (χ0) is 7.56. The zero-order valence-electron chi connectivity index (χ0n) is 7.56. The summed E-state index contributed by atoms with van der Waals surface area (Å²) in [5.41, 5.74) is 5.89. The normalized spacial score (nSPS) is 27.7. The molecule has 2 N–H and O–H groups in total. The molecule has 74 valence electrons. The van der Waals surface area contributed by atoms with Crippen LogP contribution in [0.5, 0.6) is 0 Å². The van der Waals surface area contributed by atoms with Gasteiger partial charge in [0.2, 0.25) is 0 Å². The second-order valence-corrected chi connectivity index (χ2v) is 3.14. The lowest BCUT2D eigenvalue weighted by molar-refractivity contribution is 0.248. The summed E-state index contributed by atoms with van der Waals surface area (Å²) >= 11 is 0. The summed E-state index contributed by atoms with van der Waals surface area (Å²) in [5.74, 6) is 0. The lowest BCUT2D eigenvalue weighted by atomic mass is 9.96. The Bertz CT molecular complexity index is 137. The minimum atomic E-state index is 0. The molecule has 0 saturated heterocycles. The summed E-state index contributed by atoms with van der Waals surface area (Å²) in [4.78, 5) is 2.20. The van der Waals surface area contributed by atoms with Crippen molar-refractivity contribution in [3.8, 4) is 0 Å². The third-order valence-electron chi connectivity index (χ3n) is 2.11. The van der Waals surface area contributed by atoms with Crippen molar-refractivity contribution in [1.29, 1.82) is 0 Å². The zero-order valence-corrected chi connectivity index (χ0v) is 9.20. The van der Waals surface area contributed by atoms with Crippen molar-refractivity contribution in [2.24, 2.45) is 5.73 Å². The third kappa shape index (κ3) is 3.76. The fourth-order valence-electron chi connectivity index (χ4n) is 1.41. The molecule has 0 unspecified atom stereocenters. The van der Waals surface area contributed by atoms with Crippen LogP contribution >= 0.6 is 24.8 Å². The molecule has 4 heteroatoms. The Labute approximate surface area is 87.0 Å². The summed E-state index contributed by atoms with van der Waals surface area (Å²) in [6, 6.07) is 0.880. The standard InChI is InChI=1S/C8H16N2.2ClH/c1-10(2)8-6-4-3-5-7(8)9;;/h3-4,7-8H,5-6,9H2,1-2H3;2*1H/t7-,8-;;/m1../s1. The van der Waals surface area contributed by atoms with Gasteiger partial charge in [0.05, 0.1) is 0 Å². The fraction of sp³-hybridized carbons (Fsp3) is 0.750. The van der Waals surface area contributed by atoms with E-state index in [9.17, 15) is 0 Å². The van der Waals surface area contributed by atoms with Gasteiger partial charge in [-0.15, -0.1) is 24.8 Å². The number of hydrogen-bond donors (Lipinski definition) is 1. The van der Waals surface area contributed by atoms with E-state index in [-0.39, 0.29) is 24.8 Å². The number of halogens is 2. The molecule has 1 aliphatic rings. The Morgan fingerprint density at radius 2 is 1.67 bits per heavy atom. The van der Waals surface area contributed by atoms with Gasteiger partial charge < -0.3 is 10.6 Å². The first kappa shape index (κ1) is 14.7. The van der Waals surface area contributed by atoms with Crippen molar-refractivity contribution in [2.75, 3.05) is 14.1 Å². The summed E-state index contributed by atoms with van der Waals surface area (Å²) in [7, 11) is 4.17. The number of rotatable bonds is 1. The first-order valence-electron chi connectivity index (χ1n) is 3.79. The average molecular weight is 213 g/mol. The molecule has 0 aromatic carbocycles. The molecule has 0 bridgehead atoms. The second kappa shape index (κ2) is 6.72. The van der Waals surface area contributed by atoms with Crippen molar-refractivity contribution in [3.05, 3.63) is 12.2 Å². The maximum Gasteiger partial charge on any atom is 0.0278 e. The van der Waals surface area contributed by atoms with Gasteiger partial charge in [-0.1, -0.05) is 12.2 Å². The molecular weight excluding hydrogens is 195 g/mol. The van der Waals surface area contributed by atoms with E-state index in [1.165, 1.54) is 0 Å². The predicted octanol–water partition coefficient (Wildman–Crippen LogP) is 1.44. The molecule has 1 rings (SSSR count). The Morgan fingerprint density at radius 1 is 1.17 bits per heavy atom. The molecule has 0 heterocycles. The van der Waals surface area contributed by atoms with Crippen molar-refractivity contribution in [1.82, 2.24) is 4.90 Å². The molecule has 0 amide bonds. The molecule has 1 aliphatic carbocycles. The van der Waals surface area contributed by atoms with E-state index in [1.807, 2.05) is 0 Å². The quantitative estimate of drug-likeness (QED) is 0.668. The Morgan fingerprint density at radius 3 is 2.00 bits per heavy atom. The van der Waals surface area contributed by atoms with Crippen LogP contribution in [0, 0.1) is 0 Å². The molecule has 0 aromatic rings. The first-order valence-corrected chi connectivity index (χ1v) is 3.79. The van der Waals surface area contributed by atoms with Gasteiger partial charge in [-0.2, -0.15) is 0 Å². The van der Waals surface area contributed by atoms with Crippen LogP contribution in [0.2, 0.25) is 0 Å². The Hall–Kier alpha value is 0.240. The number of likely N-dealkylation sites (N-methyl/N-ethyl adjacent to an activating group) is 1. The van der Waals surface area contributed by atoms with E-state index in [0.717, 1.165) is 12.8 Å². The number of hydrogen-bond acceptors (Lipinski definition) is 2. The van der Waals surface area contributed by atoms with Crippen LogP contribution < -0.4 is 5.73 Å². The van der Waals surface area contributed by atoms with E-state index >= 15 is 0 Å². The van der Waals surface area contributed by atoms with E-state index in [0.29, 0.717) is 12.1 Å². The van der Waals surface area contributed by atoms with Crippen LogP contribution in [0.3, 0.4) is 0 Å². The van der Waals surface area contributed by atoms with Gasteiger partial charge in [0, 0.05) is 12.1 Å². The van der Waals surface area contributed by atoms with Gasteiger partial charge in [0.1, 0.15) is 0 Å². The van der Waals surface area contributed by atoms with Gasteiger partial charge in [0.15, 0.2) is 0 Å². The van der Waals surface area contributed by atoms with E-state index < -0.39 is 0 Å². The predicted molar refractivity (Wildman–Crippen MR) is 58.3 cm³/mol. The molecular formula is C8H18Cl2N2. The Kier molecular flexibility index (Phi) is 8.26. The summed E-state index contributed by atoms with van der Waals surface area (Å²) < 4.78 is 0. The van der Waals surface area contributed by atoms with Crippen molar-refractivity contribution < 1.29 is 0 Å². The maximum absolute atomic E-state index is 5.89. The first-order chi connectivity index (χ1) is 4.72. The summed E-state index contributed by atoms with van der Waals surface area (Å²) in [6.07, 6.45) is 6.52. The highest BCUT2D eigenvalue weighted by atomic mass is 35.5. The van der Waals surface area contributed by atoms with Crippen LogP contribution in [0.4, 0.5) is 0 Å². The average Bonchev–Trinajstić information content (AvgIpc) is 1.88. The van der Waals surface area contributed by atoms with Gasteiger partial charge in [-0.3, -0.25) is 0 Å². The SMILES string of the molecule is CN(C)[C@@H]1CC=CC[C@H]1N.Cl.Cl. The second-order valence-electron chi connectivity index (χ2n) is 3.14. The van der Waals surface area contributed by atoms with Crippen molar-refractivity contribution in [2.45, 2.75) is 24.9 Å². The number of nitrogens with zero attached hydrogens (tertiary/aromatic N) is 1. The highest BCUT2D eigenvalue weighted by Crippen LogP contribution is 2.13. The molecule has 0 radical (unpaired) electrons. The monoisotopic (exact) mass is 212 g/mol. The lowest BCUT2D eigenvalue weighted by Crippen LogP contribution is -2.44. The van der Waals surface area contributed by atoms with Crippen molar-refractivity contribution >= 4 is 24.8 Å². The molecule has 2 atom stereocenters. The molecule has 0 aliphatic heterocycles. The third-order valence-corrected chi connectivity index (χ3v) is 2.11. The molecule has 0 spiro atoms. The van der Waals surface area contributed by atoms with Crippen molar-refractivity contribution in [3.63, 3.8) is 0 Å². The van der Waals surface area contributed by atoms with Gasteiger partial charge in [-0.25, -0.2) is 0 Å². The van der Waals surface area contributed by atoms with E-state index in [1.54, 1.807) is 0 Å². The van der Waals surface area contributed by atoms with Gasteiger partial charge in [-0.05, 0) is 26.9 Å². The van der Waals surface area contributed by atoms with Crippen LogP contribution in [-0.4, -0.2) is 31.1 Å². The highest BCUT2D eigenvalue weighted by molar-refractivity contribution is 5.85. The molecule has 12 heavy (non-hydrogen) atoms. The summed E-state index contributed by atoms with van der Waals surface area (Å²) in [5, 5.41) is 0. The molecule has 0 fully saturated rings. The molecule has 2 nitrogen and oxygen atoms in total. The number of nitrogens with two attached hydrogens (primary N) is 1. The van der Waals surface area contributed by atoms with Crippen LogP contribution in [0.15, 0.2) is 12.2 Å². The molecule has 0 saturated carbocycles. The smallest absolute Gasteiger partial charge is 0.0278 e. The highest BCUT2D eigenvalue weighted by Gasteiger charge is 2.19. The largest absolute Gasteiger partial charge is 0.326 e. The minimum Gasteiger partial charge on any atom is -0.326 e. The summed E-state index contributed by atoms with van der Waals surface area (Å²) in [6.45, 7) is 0. The van der Waals surface area contributed by atoms with E-state index in [4.69, 9.17) is 5.73 Å². The van der Waals surface area contributed by atoms with Gasteiger partial charge >= 0.3 is 0 Å². The minimum absolute atomic E-state index is 0. The van der Waals surface area contributed by atoms with Gasteiger partial charge in [0.25, 0.3) is 0 Å². The van der Waals surface area contributed by atoms with Crippen LogP contribution in [0.25, 0.3) is 0 Å². The topological polar surface area (TPSA) is 29.3 Å². The fourth-order valence-corrected chi connectivity index (χ4v) is 1.41. The lowest BCUT2D eigenvalue weighted by Gasteiger charge is -2.30. The van der Waals surface area contributed by atoms with E-state index in [2.05, 4.69) is 31.1 Å².